The number of nitrogens with one attached hydrogen (secondary N) is 1. The molecule has 20 heavy (non-hydrogen) atoms. The van der Waals surface area contributed by atoms with E-state index in [1.165, 1.54) is 27.5 Å². The Hall–Kier alpha value is -2.35. The van der Waals surface area contributed by atoms with Crippen molar-refractivity contribution >= 4 is 16.5 Å². The molecule has 2 aromatic carbocycles. The van der Waals surface area contributed by atoms with Gasteiger partial charge in [-0.15, -0.1) is 0 Å². The lowest BCUT2D eigenvalue weighted by molar-refractivity contribution is 1.13. The SMILES string of the molecule is Cc1cc(C)cc(NCc2cncc3ccccc23)c1. The van der Waals surface area contributed by atoms with E-state index < -0.39 is 0 Å². The number of fused-ring (bicyclic) bond motifs is 1. The van der Waals surface area contributed by atoms with Crippen LogP contribution in [-0.4, -0.2) is 4.98 Å². The summed E-state index contributed by atoms with van der Waals surface area (Å²) in [6.45, 7) is 5.03. The molecule has 100 valence electrons. The van der Waals surface area contributed by atoms with Gasteiger partial charge in [-0.25, -0.2) is 0 Å². The van der Waals surface area contributed by atoms with Gasteiger partial charge in [0.15, 0.2) is 0 Å². The number of rotatable bonds is 3. The van der Waals surface area contributed by atoms with Crippen LogP contribution in [0.1, 0.15) is 16.7 Å². The molecular formula is C18H18N2. The summed E-state index contributed by atoms with van der Waals surface area (Å²) in [5.41, 5.74) is 4.95. The molecule has 2 nitrogen and oxygen atoms in total. The highest BCUT2D eigenvalue weighted by Crippen LogP contribution is 2.19. The fourth-order valence-corrected chi connectivity index (χ4v) is 2.59. The predicted molar refractivity (Wildman–Crippen MR) is 85.0 cm³/mol. The summed E-state index contributed by atoms with van der Waals surface area (Å²) < 4.78 is 0. The standard InChI is InChI=1S/C18H18N2/c1-13-7-14(2)9-17(8-13)20-12-16-11-19-10-15-5-3-4-6-18(15)16/h3-11,20H,12H2,1-2H3. The molecule has 0 bridgehead atoms. The molecule has 0 saturated heterocycles. The van der Waals surface area contributed by atoms with Crippen LogP contribution in [0.2, 0.25) is 0 Å². The highest BCUT2D eigenvalue weighted by Gasteiger charge is 2.01. The molecule has 1 aromatic heterocycles. The van der Waals surface area contributed by atoms with E-state index in [2.05, 4.69) is 60.5 Å². The van der Waals surface area contributed by atoms with Gasteiger partial charge in [-0.3, -0.25) is 4.98 Å². The Balaban J connectivity index is 1.87. The summed E-state index contributed by atoms with van der Waals surface area (Å²) in [7, 11) is 0. The van der Waals surface area contributed by atoms with E-state index in [1.807, 2.05) is 18.5 Å². The van der Waals surface area contributed by atoms with E-state index in [4.69, 9.17) is 0 Å². The van der Waals surface area contributed by atoms with Crippen molar-refractivity contribution in [2.45, 2.75) is 20.4 Å². The quantitative estimate of drug-likeness (QED) is 0.753. The van der Waals surface area contributed by atoms with Crippen LogP contribution in [0.15, 0.2) is 54.9 Å². The number of aryl methyl sites for hydroxylation is 2. The number of benzene rings is 2. The highest BCUT2D eigenvalue weighted by molar-refractivity contribution is 5.84. The number of hydrogen-bond donors (Lipinski definition) is 1. The third-order valence-electron chi connectivity index (χ3n) is 3.46. The molecule has 0 amide bonds. The second-order valence-electron chi connectivity index (χ2n) is 5.25. The molecule has 1 N–H and O–H groups in total. The van der Waals surface area contributed by atoms with Gasteiger partial charge in [-0.1, -0.05) is 30.3 Å². The maximum atomic E-state index is 4.32. The van der Waals surface area contributed by atoms with Crippen molar-refractivity contribution in [1.82, 2.24) is 4.98 Å². The predicted octanol–water partition coefficient (Wildman–Crippen LogP) is 4.46. The summed E-state index contributed by atoms with van der Waals surface area (Å²) in [4.78, 5) is 4.32. The number of anilines is 1. The van der Waals surface area contributed by atoms with Crippen molar-refractivity contribution < 1.29 is 0 Å². The van der Waals surface area contributed by atoms with Crippen molar-refractivity contribution in [2.75, 3.05) is 5.32 Å². The van der Waals surface area contributed by atoms with Crippen LogP contribution >= 0.6 is 0 Å². The molecule has 0 fully saturated rings. The summed E-state index contributed by atoms with van der Waals surface area (Å²) in [5.74, 6) is 0. The van der Waals surface area contributed by atoms with Gasteiger partial charge in [0.2, 0.25) is 0 Å². The van der Waals surface area contributed by atoms with Crippen LogP contribution in [0, 0.1) is 13.8 Å². The monoisotopic (exact) mass is 262 g/mol. The lowest BCUT2D eigenvalue weighted by Gasteiger charge is -2.10. The van der Waals surface area contributed by atoms with Gasteiger partial charge in [-0.05, 0) is 48.1 Å². The molecular weight excluding hydrogens is 244 g/mol. The number of hydrogen-bond acceptors (Lipinski definition) is 2. The van der Waals surface area contributed by atoms with E-state index in [9.17, 15) is 0 Å². The van der Waals surface area contributed by atoms with Gasteiger partial charge in [0.25, 0.3) is 0 Å². The number of nitrogens with zero attached hydrogens (tertiary/aromatic N) is 1. The van der Waals surface area contributed by atoms with Gasteiger partial charge in [0.1, 0.15) is 0 Å². The van der Waals surface area contributed by atoms with Crippen molar-refractivity contribution in [1.29, 1.82) is 0 Å². The second-order valence-corrected chi connectivity index (χ2v) is 5.25. The molecule has 2 heteroatoms. The molecule has 0 atom stereocenters. The van der Waals surface area contributed by atoms with Crippen molar-refractivity contribution in [3.63, 3.8) is 0 Å². The van der Waals surface area contributed by atoms with Gasteiger partial charge >= 0.3 is 0 Å². The van der Waals surface area contributed by atoms with Gasteiger partial charge in [0, 0.05) is 30.0 Å². The summed E-state index contributed by atoms with van der Waals surface area (Å²) in [5, 5.41) is 5.95. The first-order valence-corrected chi connectivity index (χ1v) is 6.86. The maximum absolute atomic E-state index is 4.32. The number of pyridine rings is 1. The molecule has 3 rings (SSSR count). The first-order chi connectivity index (χ1) is 9.72. The van der Waals surface area contributed by atoms with Crippen molar-refractivity contribution in [3.8, 4) is 0 Å². The minimum atomic E-state index is 0.789. The molecule has 0 aliphatic heterocycles. The second kappa shape index (κ2) is 5.33. The van der Waals surface area contributed by atoms with Gasteiger partial charge in [0.05, 0.1) is 0 Å². The van der Waals surface area contributed by atoms with E-state index in [0.717, 1.165) is 12.2 Å². The average Bonchev–Trinajstić information content (AvgIpc) is 2.44. The van der Waals surface area contributed by atoms with Crippen LogP contribution in [0.3, 0.4) is 0 Å². The molecule has 0 aliphatic rings. The highest BCUT2D eigenvalue weighted by atomic mass is 14.9. The van der Waals surface area contributed by atoms with E-state index in [-0.39, 0.29) is 0 Å². The molecule has 0 spiro atoms. The molecule has 0 saturated carbocycles. The third kappa shape index (κ3) is 2.64. The fraction of sp³-hybridized carbons (Fsp3) is 0.167. The van der Waals surface area contributed by atoms with Crippen LogP contribution in [0.25, 0.3) is 10.8 Å². The Morgan fingerprint density at radius 3 is 2.50 bits per heavy atom. The molecule has 3 aromatic rings. The minimum absolute atomic E-state index is 0.789. The molecule has 0 aliphatic carbocycles. The molecule has 0 unspecified atom stereocenters. The zero-order chi connectivity index (χ0) is 13.9. The van der Waals surface area contributed by atoms with E-state index in [0.29, 0.717) is 0 Å². The lowest BCUT2D eigenvalue weighted by atomic mass is 10.1. The topological polar surface area (TPSA) is 24.9 Å². The van der Waals surface area contributed by atoms with E-state index >= 15 is 0 Å². The Bertz CT molecular complexity index is 722. The summed E-state index contributed by atoms with van der Waals surface area (Å²) in [6, 6.07) is 14.9. The first-order valence-electron chi connectivity index (χ1n) is 6.86. The van der Waals surface area contributed by atoms with Gasteiger partial charge in [-0.2, -0.15) is 0 Å². The Labute approximate surface area is 119 Å². The zero-order valence-corrected chi connectivity index (χ0v) is 11.9. The summed E-state index contributed by atoms with van der Waals surface area (Å²) >= 11 is 0. The molecule has 1 heterocycles. The molecule has 0 radical (unpaired) electrons. The Morgan fingerprint density at radius 2 is 1.70 bits per heavy atom. The smallest absolute Gasteiger partial charge is 0.0422 e. The largest absolute Gasteiger partial charge is 0.381 e. The van der Waals surface area contributed by atoms with E-state index in [1.54, 1.807) is 0 Å². The lowest BCUT2D eigenvalue weighted by Crippen LogP contribution is -2.01. The zero-order valence-electron chi connectivity index (χ0n) is 11.9. The normalized spacial score (nSPS) is 10.7. The van der Waals surface area contributed by atoms with Crippen LogP contribution in [0.5, 0.6) is 0 Å². The van der Waals surface area contributed by atoms with Crippen molar-refractivity contribution in [2.24, 2.45) is 0 Å². The van der Waals surface area contributed by atoms with Crippen LogP contribution in [0.4, 0.5) is 5.69 Å². The fourth-order valence-electron chi connectivity index (χ4n) is 2.59. The third-order valence-corrected chi connectivity index (χ3v) is 3.46. The van der Waals surface area contributed by atoms with Crippen LogP contribution in [-0.2, 0) is 6.54 Å². The summed E-state index contributed by atoms with van der Waals surface area (Å²) in [6.07, 6.45) is 3.85. The first kappa shape index (κ1) is 12.7. The van der Waals surface area contributed by atoms with Crippen molar-refractivity contribution in [3.05, 3.63) is 71.5 Å². The average molecular weight is 262 g/mol. The maximum Gasteiger partial charge on any atom is 0.0422 e. The Kier molecular flexibility index (Phi) is 3.38. The Morgan fingerprint density at radius 1 is 0.950 bits per heavy atom. The number of aromatic nitrogens is 1. The van der Waals surface area contributed by atoms with Crippen LogP contribution < -0.4 is 5.32 Å². The van der Waals surface area contributed by atoms with Gasteiger partial charge < -0.3 is 5.32 Å². The minimum Gasteiger partial charge on any atom is -0.381 e.